The van der Waals surface area contributed by atoms with Crippen molar-refractivity contribution >= 4 is 11.9 Å². The Hall–Kier alpha value is -2.48. The molecular weight excluding hydrogens is 324 g/mol. The number of allylic oxidation sites excluding steroid dienone is 1. The highest BCUT2D eigenvalue weighted by Crippen LogP contribution is 2.33. The molecule has 2 atom stereocenters. The lowest BCUT2D eigenvalue weighted by molar-refractivity contribution is -0.147. The maximum absolute atomic E-state index is 14.1. The number of dihydropyridines is 1. The number of nitrogens with zero attached hydrogens (tertiary/aromatic N) is 1. The zero-order valence-corrected chi connectivity index (χ0v) is 14.8. The molecule has 5 heteroatoms. The lowest BCUT2D eigenvalue weighted by Crippen LogP contribution is -2.31. The van der Waals surface area contributed by atoms with Crippen LogP contribution in [0.5, 0.6) is 0 Å². The van der Waals surface area contributed by atoms with Gasteiger partial charge in [-0.15, -0.1) is 5.92 Å². The van der Waals surface area contributed by atoms with Crippen molar-refractivity contribution in [1.29, 1.82) is 0 Å². The molecule has 0 saturated heterocycles. The van der Waals surface area contributed by atoms with E-state index in [0.29, 0.717) is 0 Å². The third kappa shape index (κ3) is 4.54. The molecule has 0 radical (unpaired) electrons. The van der Waals surface area contributed by atoms with Crippen molar-refractivity contribution in [3.05, 3.63) is 47.3 Å². The predicted molar refractivity (Wildman–Crippen MR) is 93.6 cm³/mol. The quantitative estimate of drug-likeness (QED) is 0.595. The van der Waals surface area contributed by atoms with Gasteiger partial charge < -0.3 is 4.74 Å². The van der Waals surface area contributed by atoms with E-state index in [-0.39, 0.29) is 17.9 Å². The first kappa shape index (κ1) is 18.9. The Kier molecular flexibility index (Phi) is 5.73. The van der Waals surface area contributed by atoms with Gasteiger partial charge in [0.05, 0.1) is 11.6 Å². The molecule has 0 bridgehead atoms. The number of aliphatic imine (C=N–C) groups is 1. The van der Waals surface area contributed by atoms with Crippen LogP contribution in [0.2, 0.25) is 0 Å². The van der Waals surface area contributed by atoms with E-state index in [9.17, 15) is 13.6 Å². The van der Waals surface area contributed by atoms with Gasteiger partial charge in [0.15, 0.2) is 11.4 Å². The van der Waals surface area contributed by atoms with E-state index in [0.717, 1.165) is 5.56 Å². The second kappa shape index (κ2) is 7.60. The van der Waals surface area contributed by atoms with Crippen molar-refractivity contribution in [3.8, 4) is 11.8 Å². The van der Waals surface area contributed by atoms with Crippen molar-refractivity contribution in [1.82, 2.24) is 0 Å². The van der Waals surface area contributed by atoms with Crippen LogP contribution >= 0.6 is 0 Å². The summed E-state index contributed by atoms with van der Waals surface area (Å²) in [5.74, 6) is 1.78. The second-order valence-corrected chi connectivity index (χ2v) is 6.46. The molecule has 0 amide bonds. The Morgan fingerprint density at radius 3 is 2.56 bits per heavy atom. The number of esters is 1. The molecule has 1 aromatic rings. The lowest BCUT2D eigenvalue weighted by atomic mass is 9.88. The molecule has 2 rings (SSSR count). The van der Waals surface area contributed by atoms with E-state index >= 15 is 0 Å². The highest BCUT2D eigenvalue weighted by molar-refractivity contribution is 6.02. The van der Waals surface area contributed by atoms with E-state index < -0.39 is 29.4 Å². The van der Waals surface area contributed by atoms with Gasteiger partial charge in [-0.1, -0.05) is 43.2 Å². The molecule has 0 N–H and O–H groups in total. The number of halogens is 2. The van der Waals surface area contributed by atoms with Gasteiger partial charge in [-0.3, -0.25) is 4.99 Å². The Balaban J connectivity index is 2.24. The number of carbonyl (C=O) groups excluding carboxylic acids is 1. The molecule has 0 saturated carbocycles. The number of ether oxygens (including phenoxy) is 1. The van der Waals surface area contributed by atoms with Crippen molar-refractivity contribution in [2.24, 2.45) is 4.99 Å². The summed E-state index contributed by atoms with van der Waals surface area (Å²) < 4.78 is 33.3. The van der Waals surface area contributed by atoms with Gasteiger partial charge in [-0.05, 0) is 26.3 Å². The molecule has 3 nitrogen and oxygen atoms in total. The summed E-state index contributed by atoms with van der Waals surface area (Å²) in [5.41, 5.74) is -0.465. The van der Waals surface area contributed by atoms with E-state index in [4.69, 9.17) is 4.74 Å². The molecule has 0 aliphatic carbocycles. The Labute approximate surface area is 146 Å². The van der Waals surface area contributed by atoms with Crippen LogP contribution in [-0.4, -0.2) is 23.6 Å². The molecule has 25 heavy (non-hydrogen) atoms. The minimum absolute atomic E-state index is 0.0240. The summed E-state index contributed by atoms with van der Waals surface area (Å²) in [5, 5.41) is 0. The number of benzene rings is 1. The van der Waals surface area contributed by atoms with Crippen LogP contribution in [0.15, 0.2) is 46.7 Å². The Bertz CT molecular complexity index is 770. The fraction of sp³-hybridized carbons (Fsp3) is 0.400. The minimum atomic E-state index is -1.26. The Morgan fingerprint density at radius 2 is 1.96 bits per heavy atom. The van der Waals surface area contributed by atoms with Gasteiger partial charge in [0.25, 0.3) is 0 Å². The zero-order valence-electron chi connectivity index (χ0n) is 14.8. The molecule has 1 heterocycles. The van der Waals surface area contributed by atoms with Crippen LogP contribution in [0, 0.1) is 11.8 Å². The summed E-state index contributed by atoms with van der Waals surface area (Å²) in [7, 11) is 0. The maximum Gasteiger partial charge on any atom is 0.338 e. The molecule has 1 aliphatic heterocycles. The van der Waals surface area contributed by atoms with Gasteiger partial charge in [-0.25, -0.2) is 9.18 Å². The first-order valence-electron chi connectivity index (χ1n) is 8.09. The van der Waals surface area contributed by atoms with Crippen molar-refractivity contribution in [2.45, 2.75) is 51.7 Å². The van der Waals surface area contributed by atoms with E-state index in [1.807, 2.05) is 37.3 Å². The van der Waals surface area contributed by atoms with Gasteiger partial charge in [0, 0.05) is 12.3 Å². The molecule has 1 aliphatic rings. The van der Waals surface area contributed by atoms with Crippen LogP contribution in [0.3, 0.4) is 0 Å². The maximum atomic E-state index is 14.1. The summed E-state index contributed by atoms with van der Waals surface area (Å²) in [6.45, 7) is 6.67. The monoisotopic (exact) mass is 345 g/mol. The molecule has 132 valence electrons. The van der Waals surface area contributed by atoms with E-state index in [1.54, 1.807) is 20.8 Å². The fourth-order valence-electron chi connectivity index (χ4n) is 2.73. The van der Waals surface area contributed by atoms with Gasteiger partial charge in [0.1, 0.15) is 0 Å². The van der Waals surface area contributed by atoms with E-state index in [1.165, 1.54) is 0 Å². The van der Waals surface area contributed by atoms with Crippen molar-refractivity contribution in [3.63, 3.8) is 0 Å². The van der Waals surface area contributed by atoms with Gasteiger partial charge in [0.2, 0.25) is 5.97 Å². The third-order valence-corrected chi connectivity index (χ3v) is 4.06. The normalized spacial score (nSPS) is 18.8. The smallest absolute Gasteiger partial charge is 0.338 e. The van der Waals surface area contributed by atoms with Crippen LogP contribution in [-0.2, 0) is 9.53 Å². The molecule has 0 aromatic heterocycles. The first-order chi connectivity index (χ1) is 11.7. The second-order valence-electron chi connectivity index (χ2n) is 6.46. The largest absolute Gasteiger partial charge is 0.443 e. The van der Waals surface area contributed by atoms with Crippen molar-refractivity contribution in [2.75, 3.05) is 0 Å². The highest BCUT2D eigenvalue weighted by Gasteiger charge is 2.34. The Morgan fingerprint density at radius 1 is 1.32 bits per heavy atom. The topological polar surface area (TPSA) is 38.7 Å². The molecule has 1 unspecified atom stereocenters. The number of hydrogen-bond acceptors (Lipinski definition) is 3. The zero-order chi connectivity index (χ0) is 18.6. The minimum Gasteiger partial charge on any atom is -0.443 e. The number of carbonyl (C=O) groups is 1. The van der Waals surface area contributed by atoms with Crippen LogP contribution in [0.4, 0.5) is 8.78 Å². The third-order valence-electron chi connectivity index (χ3n) is 4.06. The van der Waals surface area contributed by atoms with Crippen LogP contribution in [0.1, 0.15) is 45.6 Å². The standard InChI is InChI=1S/C20H21F2NO2/c1-5-11-20(3,4)25-19(24)15-12-16(23-18(22)17(15)21)13(2)14-9-7-6-8-10-14/h6-10,13,16H,12H2,1-4H3/t13-,16?/m1/s1. The average molecular weight is 345 g/mol. The summed E-state index contributed by atoms with van der Waals surface area (Å²) in [6.07, 6.45) is -0.0240. The predicted octanol–water partition coefficient (Wildman–Crippen LogP) is 4.50. The molecule has 0 fully saturated rings. The van der Waals surface area contributed by atoms with Crippen molar-refractivity contribution < 1.29 is 18.3 Å². The fourth-order valence-corrected chi connectivity index (χ4v) is 2.73. The van der Waals surface area contributed by atoms with Gasteiger partial charge >= 0.3 is 5.97 Å². The van der Waals surface area contributed by atoms with E-state index in [2.05, 4.69) is 16.8 Å². The molecular formula is C20H21F2NO2. The summed E-state index contributed by atoms with van der Waals surface area (Å²) >= 11 is 0. The first-order valence-corrected chi connectivity index (χ1v) is 8.09. The van der Waals surface area contributed by atoms with Crippen LogP contribution in [0.25, 0.3) is 0 Å². The highest BCUT2D eigenvalue weighted by atomic mass is 19.2. The number of hydrogen-bond donors (Lipinski definition) is 0. The summed E-state index contributed by atoms with van der Waals surface area (Å²) in [6, 6.07) is 8.82. The van der Waals surface area contributed by atoms with Crippen LogP contribution < -0.4 is 0 Å². The SMILES string of the molecule is CC#CC(C)(C)OC(=O)C1=C(F)C(F)=NC([C@H](C)c2ccccc2)C1. The van der Waals surface area contributed by atoms with Gasteiger partial charge in [-0.2, -0.15) is 4.39 Å². The molecule has 1 aromatic carbocycles. The number of rotatable bonds is 4. The average Bonchev–Trinajstić information content (AvgIpc) is 2.56. The lowest BCUT2D eigenvalue weighted by Gasteiger charge is -2.26. The molecule has 0 spiro atoms. The summed E-state index contributed by atoms with van der Waals surface area (Å²) in [4.78, 5) is 16.1.